The molecule has 1 aliphatic heterocycles. The van der Waals surface area contributed by atoms with Gasteiger partial charge in [-0.15, -0.1) is 11.5 Å². The summed E-state index contributed by atoms with van der Waals surface area (Å²) in [5.74, 6) is 3.22. The lowest BCUT2D eigenvalue weighted by atomic mass is 10.1. The van der Waals surface area contributed by atoms with Gasteiger partial charge in [-0.3, -0.25) is 0 Å². The van der Waals surface area contributed by atoms with Crippen LogP contribution in [-0.2, 0) is 4.74 Å². The molecule has 2 atom stereocenters. The van der Waals surface area contributed by atoms with E-state index >= 15 is 0 Å². The standard InChI is InChI=1S/C11H20O2Si/c1-14(2,3)8-4-5-10-6-7-11(9-12)13-10/h10-12H,5-7,9H2,1-3H3/t10-,11-/m1/s1. The van der Waals surface area contributed by atoms with E-state index < -0.39 is 8.07 Å². The van der Waals surface area contributed by atoms with E-state index in [1.54, 1.807) is 0 Å². The van der Waals surface area contributed by atoms with Crippen molar-refractivity contribution in [1.82, 2.24) is 0 Å². The van der Waals surface area contributed by atoms with Crippen molar-refractivity contribution in [2.45, 2.75) is 51.1 Å². The maximum absolute atomic E-state index is 8.88. The van der Waals surface area contributed by atoms with Gasteiger partial charge in [0.25, 0.3) is 0 Å². The Hall–Kier alpha value is -0.303. The monoisotopic (exact) mass is 212 g/mol. The molecule has 1 rings (SSSR count). The van der Waals surface area contributed by atoms with Crippen LogP contribution >= 0.6 is 0 Å². The van der Waals surface area contributed by atoms with Crippen molar-refractivity contribution in [3.8, 4) is 11.5 Å². The Bertz CT molecular complexity index is 234. The molecule has 1 heterocycles. The van der Waals surface area contributed by atoms with E-state index in [1.807, 2.05) is 0 Å². The summed E-state index contributed by atoms with van der Waals surface area (Å²) in [6, 6.07) is 0. The van der Waals surface area contributed by atoms with Gasteiger partial charge in [-0.2, -0.15) is 0 Å². The molecule has 1 fully saturated rings. The van der Waals surface area contributed by atoms with Crippen LogP contribution in [0.3, 0.4) is 0 Å². The number of aliphatic hydroxyl groups excluding tert-OH is 1. The first-order valence-corrected chi connectivity index (χ1v) is 8.77. The van der Waals surface area contributed by atoms with Crippen LogP contribution < -0.4 is 0 Å². The lowest BCUT2D eigenvalue weighted by Crippen LogP contribution is -2.17. The zero-order chi connectivity index (χ0) is 10.6. The lowest BCUT2D eigenvalue weighted by molar-refractivity contribution is 0.0142. The number of aliphatic hydroxyl groups is 1. The van der Waals surface area contributed by atoms with Crippen LogP contribution in [0.1, 0.15) is 19.3 Å². The minimum Gasteiger partial charge on any atom is -0.394 e. The van der Waals surface area contributed by atoms with Crippen LogP contribution in [0, 0.1) is 11.5 Å². The smallest absolute Gasteiger partial charge is 0.129 e. The third kappa shape index (κ3) is 4.27. The van der Waals surface area contributed by atoms with Crippen LogP contribution in [0.15, 0.2) is 0 Å². The molecule has 1 N–H and O–H groups in total. The van der Waals surface area contributed by atoms with E-state index in [0.29, 0.717) is 0 Å². The number of hydrogen-bond acceptors (Lipinski definition) is 2. The van der Waals surface area contributed by atoms with Crippen LogP contribution in [0.25, 0.3) is 0 Å². The van der Waals surface area contributed by atoms with Gasteiger partial charge in [0.05, 0.1) is 18.8 Å². The fourth-order valence-corrected chi connectivity index (χ4v) is 2.13. The van der Waals surface area contributed by atoms with Crippen LogP contribution in [-0.4, -0.2) is 32.0 Å². The molecule has 0 saturated carbocycles. The second-order valence-corrected chi connectivity index (χ2v) is 9.65. The fourth-order valence-electron chi connectivity index (χ4n) is 1.49. The highest BCUT2D eigenvalue weighted by molar-refractivity contribution is 6.83. The molecular weight excluding hydrogens is 192 g/mol. The summed E-state index contributed by atoms with van der Waals surface area (Å²) in [5, 5.41) is 8.88. The molecule has 3 heteroatoms. The first-order chi connectivity index (χ1) is 6.51. The molecule has 0 radical (unpaired) electrons. The van der Waals surface area contributed by atoms with Crippen molar-refractivity contribution in [3.63, 3.8) is 0 Å². The Labute approximate surface area is 87.7 Å². The lowest BCUT2D eigenvalue weighted by Gasteiger charge is -2.09. The minimum absolute atomic E-state index is 0.0636. The summed E-state index contributed by atoms with van der Waals surface area (Å²) in [7, 11) is -1.22. The first kappa shape index (κ1) is 11.8. The summed E-state index contributed by atoms with van der Waals surface area (Å²) >= 11 is 0. The predicted molar refractivity (Wildman–Crippen MR) is 60.7 cm³/mol. The van der Waals surface area contributed by atoms with E-state index in [1.165, 1.54) is 0 Å². The number of rotatable bonds is 2. The van der Waals surface area contributed by atoms with Crippen LogP contribution in [0.5, 0.6) is 0 Å². The normalized spacial score (nSPS) is 27.1. The molecule has 0 amide bonds. The summed E-state index contributed by atoms with van der Waals surface area (Å²) in [5.41, 5.74) is 3.33. The SMILES string of the molecule is C[Si](C)(C)C#CC[C@@H]1CC[C@H](CO)O1. The van der Waals surface area contributed by atoms with E-state index in [4.69, 9.17) is 9.84 Å². The van der Waals surface area contributed by atoms with E-state index in [2.05, 4.69) is 31.1 Å². The Morgan fingerprint density at radius 2 is 1.93 bits per heavy atom. The van der Waals surface area contributed by atoms with Crippen molar-refractivity contribution >= 4 is 8.07 Å². The third-order valence-electron chi connectivity index (χ3n) is 2.19. The summed E-state index contributed by atoms with van der Waals surface area (Å²) in [6.45, 7) is 6.88. The minimum atomic E-state index is -1.22. The average Bonchev–Trinajstić information content (AvgIpc) is 2.50. The van der Waals surface area contributed by atoms with Gasteiger partial charge >= 0.3 is 0 Å². The molecule has 0 aromatic rings. The maximum Gasteiger partial charge on any atom is 0.129 e. The van der Waals surface area contributed by atoms with E-state index in [9.17, 15) is 0 Å². The van der Waals surface area contributed by atoms with E-state index in [0.717, 1.165) is 19.3 Å². The highest BCUT2D eigenvalue weighted by Gasteiger charge is 2.23. The quantitative estimate of drug-likeness (QED) is 0.558. The molecule has 0 aromatic carbocycles. The van der Waals surface area contributed by atoms with Gasteiger partial charge in [-0.05, 0) is 12.8 Å². The third-order valence-corrected chi connectivity index (χ3v) is 3.12. The zero-order valence-corrected chi connectivity index (χ0v) is 10.3. The van der Waals surface area contributed by atoms with Gasteiger partial charge in [-0.1, -0.05) is 19.6 Å². The molecule has 14 heavy (non-hydrogen) atoms. The van der Waals surface area contributed by atoms with Crippen molar-refractivity contribution in [2.75, 3.05) is 6.61 Å². The molecular formula is C11H20O2Si. The summed E-state index contributed by atoms with van der Waals surface area (Å²) in [4.78, 5) is 0. The van der Waals surface area contributed by atoms with Gasteiger partial charge in [0, 0.05) is 6.42 Å². The van der Waals surface area contributed by atoms with Gasteiger partial charge in [0.2, 0.25) is 0 Å². The highest BCUT2D eigenvalue weighted by atomic mass is 28.3. The van der Waals surface area contributed by atoms with Crippen LogP contribution in [0.2, 0.25) is 19.6 Å². The molecule has 0 unspecified atom stereocenters. The Morgan fingerprint density at radius 1 is 1.29 bits per heavy atom. The van der Waals surface area contributed by atoms with Gasteiger partial charge in [0.15, 0.2) is 0 Å². The Morgan fingerprint density at radius 3 is 2.43 bits per heavy atom. The molecule has 80 valence electrons. The molecule has 1 saturated heterocycles. The molecule has 0 spiro atoms. The van der Waals surface area contributed by atoms with Crippen molar-refractivity contribution in [3.05, 3.63) is 0 Å². The predicted octanol–water partition coefficient (Wildman–Crippen LogP) is 1.80. The van der Waals surface area contributed by atoms with Crippen LogP contribution in [0.4, 0.5) is 0 Å². The van der Waals surface area contributed by atoms with E-state index in [-0.39, 0.29) is 18.8 Å². The van der Waals surface area contributed by atoms with Crippen molar-refractivity contribution in [2.24, 2.45) is 0 Å². The molecule has 0 aromatic heterocycles. The zero-order valence-electron chi connectivity index (χ0n) is 9.34. The largest absolute Gasteiger partial charge is 0.394 e. The fraction of sp³-hybridized carbons (Fsp3) is 0.818. The van der Waals surface area contributed by atoms with Gasteiger partial charge in [0.1, 0.15) is 8.07 Å². The highest BCUT2D eigenvalue weighted by Crippen LogP contribution is 2.21. The van der Waals surface area contributed by atoms with Gasteiger partial charge < -0.3 is 9.84 Å². The molecule has 1 aliphatic rings. The molecule has 0 aliphatic carbocycles. The summed E-state index contributed by atoms with van der Waals surface area (Å²) < 4.78 is 5.59. The molecule has 0 bridgehead atoms. The average molecular weight is 212 g/mol. The second kappa shape index (κ2) is 4.97. The Balaban J connectivity index is 2.29. The second-order valence-electron chi connectivity index (χ2n) is 4.90. The number of ether oxygens (including phenoxy) is 1. The summed E-state index contributed by atoms with van der Waals surface area (Å²) in [6.07, 6.45) is 3.19. The van der Waals surface area contributed by atoms with Gasteiger partial charge in [-0.25, -0.2) is 0 Å². The Kier molecular flexibility index (Phi) is 4.18. The topological polar surface area (TPSA) is 29.5 Å². The molecule has 2 nitrogen and oxygen atoms in total. The van der Waals surface area contributed by atoms with Crippen molar-refractivity contribution in [1.29, 1.82) is 0 Å². The number of hydrogen-bond donors (Lipinski definition) is 1. The first-order valence-electron chi connectivity index (χ1n) is 5.27. The van der Waals surface area contributed by atoms with Crippen molar-refractivity contribution < 1.29 is 9.84 Å². The maximum atomic E-state index is 8.88.